The molecule has 0 aliphatic heterocycles. The van der Waals surface area contributed by atoms with Crippen LogP contribution in [0.3, 0.4) is 0 Å². The van der Waals surface area contributed by atoms with Crippen LogP contribution in [0.5, 0.6) is 46.0 Å². The maximum atomic E-state index is 13.8. The van der Waals surface area contributed by atoms with E-state index in [2.05, 4.69) is 148 Å². The number of rotatable bonds is 14. The van der Waals surface area contributed by atoms with Crippen molar-refractivity contribution in [3.63, 3.8) is 0 Å². The van der Waals surface area contributed by atoms with E-state index in [-0.39, 0.29) is 127 Å². The predicted octanol–water partition coefficient (Wildman–Crippen LogP) is 28.9. The Balaban J connectivity index is 0.000000252. The molecule has 16 bridgehead atoms. The smallest absolute Gasteiger partial charge is 0.389 e. The van der Waals surface area contributed by atoms with Crippen molar-refractivity contribution in [1.82, 2.24) is 0 Å². The first-order valence-electron chi connectivity index (χ1n) is 43.5. The fraction of sp³-hybridized carbons (Fsp3) is 0.538. The van der Waals surface area contributed by atoms with Crippen LogP contribution in [0.1, 0.15) is 351 Å². The van der Waals surface area contributed by atoms with Crippen molar-refractivity contribution in [1.29, 1.82) is 0 Å². The number of benzene rings is 8. The van der Waals surface area contributed by atoms with Crippen LogP contribution in [0.15, 0.2) is 97.1 Å². The number of alkyl halides is 13. The molecule has 8 aromatic rings. The molecule has 8 aromatic carbocycles. The van der Waals surface area contributed by atoms with Crippen LogP contribution in [0.4, 0.5) is 52.7 Å². The molecule has 0 heterocycles. The molecule has 0 saturated carbocycles. The van der Waals surface area contributed by atoms with Crippen molar-refractivity contribution in [2.24, 2.45) is 0 Å². The van der Waals surface area contributed by atoms with Crippen molar-refractivity contribution in [2.75, 3.05) is 25.2 Å². The lowest BCUT2D eigenvalue weighted by Gasteiger charge is -2.39. The van der Waals surface area contributed by atoms with E-state index < -0.39 is 82.9 Å². The normalized spacial score (nSPS) is 15.2. The standard InChI is InChI=1S/C56H69F9O4.C44H54O4.C4H6BrF3/c1-49(2,3)38-24-33-22-35-26-39(50(4,5)6)29-42(46(35)67-19-13-16-54(57,58)59)53(32-37-28-41(52(10,11)12)31-44(53)48(37)69-21-15-18-56(63,64)65)43-30-40(51(7,8)9)27-36(23-34(25-38)45(33)66)47(43)68-20-14-17-55(60,61)62;1-40(2,3)29-15-24-13-26-17-30(41(4,5)6)20-33(37(26)46)44(23-28-19-32(43(10,11)12)22-35(44)39(28)48)34-21-31(42(7,8)9)18-27(38(34)47)14-25(16-29)36(24)45;5-3-1-2-4(6,7)8/h24-31,66H,13-23,32H2,1-12H3;15-22,45-48H,13-14,23H2,1-12H3;1-3H2. The lowest BCUT2D eigenvalue weighted by atomic mass is 9.65. The summed E-state index contributed by atoms with van der Waals surface area (Å²) in [6.07, 6.45) is -20.8. The third-order valence-corrected chi connectivity index (χ3v) is 25.4. The fourth-order valence-corrected chi connectivity index (χ4v) is 17.6. The summed E-state index contributed by atoms with van der Waals surface area (Å²) in [7, 11) is 0. The average Bonchev–Trinajstić information content (AvgIpc) is 1.56. The highest BCUT2D eigenvalue weighted by molar-refractivity contribution is 9.09. The average molecular weight is 1820 g/mol. The van der Waals surface area contributed by atoms with E-state index in [0.717, 1.165) is 61.2 Å². The van der Waals surface area contributed by atoms with E-state index in [9.17, 15) is 78.2 Å². The molecular formula is C104H129BrF12O8. The van der Waals surface area contributed by atoms with Gasteiger partial charge in [-0.2, -0.15) is 52.7 Å². The zero-order valence-electron chi connectivity index (χ0n) is 77.3. The second-order valence-electron chi connectivity index (χ2n) is 43.4. The van der Waals surface area contributed by atoms with Gasteiger partial charge in [-0.15, -0.1) is 0 Å². The molecule has 5 N–H and O–H groups in total. The van der Waals surface area contributed by atoms with Crippen molar-refractivity contribution in [2.45, 2.75) is 335 Å². The summed E-state index contributed by atoms with van der Waals surface area (Å²) in [6, 6.07) is 32.4. The lowest BCUT2D eigenvalue weighted by molar-refractivity contribution is -0.137. The first kappa shape index (κ1) is 99.0. The molecule has 0 unspecified atom stereocenters. The maximum absolute atomic E-state index is 13.8. The predicted molar refractivity (Wildman–Crippen MR) is 479 cm³/mol. The number of hydrogen-bond donors (Lipinski definition) is 5. The molecule has 21 heteroatoms. The molecule has 0 saturated heterocycles. The van der Waals surface area contributed by atoms with E-state index in [1.54, 1.807) is 0 Å². The van der Waals surface area contributed by atoms with Gasteiger partial charge in [0.05, 0.1) is 30.7 Å². The van der Waals surface area contributed by atoms with E-state index in [1.165, 1.54) is 0 Å². The summed E-state index contributed by atoms with van der Waals surface area (Å²) in [5.41, 5.74) is 12.6. The highest BCUT2D eigenvalue weighted by atomic mass is 79.9. The highest BCUT2D eigenvalue weighted by Gasteiger charge is 2.54. The Labute approximate surface area is 740 Å². The molecular weight excluding hydrogens is 1690 g/mol. The van der Waals surface area contributed by atoms with Gasteiger partial charge in [0.1, 0.15) is 46.0 Å². The van der Waals surface area contributed by atoms with Gasteiger partial charge < -0.3 is 39.7 Å². The molecule has 4 aliphatic carbocycles. The molecule has 684 valence electrons. The Kier molecular flexibility index (Phi) is 27.7. The quantitative estimate of drug-likeness (QED) is 0.0414. The third kappa shape index (κ3) is 22.4. The van der Waals surface area contributed by atoms with Gasteiger partial charge in [0, 0.05) is 90.1 Å². The minimum atomic E-state index is -4.46. The van der Waals surface area contributed by atoms with Crippen LogP contribution in [0.25, 0.3) is 0 Å². The third-order valence-electron chi connectivity index (χ3n) is 24.9. The molecule has 0 atom stereocenters. The Hall–Kier alpha value is -8.20. The van der Waals surface area contributed by atoms with Crippen LogP contribution >= 0.6 is 15.9 Å². The molecule has 0 fully saturated rings. The van der Waals surface area contributed by atoms with Gasteiger partial charge in [-0.1, -0.05) is 279 Å². The summed E-state index contributed by atoms with van der Waals surface area (Å²) in [6.45, 7) is 49.4. The van der Waals surface area contributed by atoms with Gasteiger partial charge in [-0.05, 0) is 182 Å². The van der Waals surface area contributed by atoms with Crippen LogP contribution in [0, 0.1) is 0 Å². The van der Waals surface area contributed by atoms with Crippen LogP contribution in [-0.2, 0) is 92.7 Å². The number of halogens is 13. The zero-order valence-corrected chi connectivity index (χ0v) is 78.9. The van der Waals surface area contributed by atoms with Crippen LogP contribution in [-0.4, -0.2) is 75.4 Å². The van der Waals surface area contributed by atoms with Gasteiger partial charge in [0.25, 0.3) is 0 Å². The van der Waals surface area contributed by atoms with Crippen molar-refractivity contribution in [3.8, 4) is 46.0 Å². The summed E-state index contributed by atoms with van der Waals surface area (Å²) in [4.78, 5) is 0. The van der Waals surface area contributed by atoms with E-state index >= 15 is 0 Å². The first-order chi connectivity index (χ1) is 57.0. The molecule has 125 heavy (non-hydrogen) atoms. The summed E-state index contributed by atoms with van der Waals surface area (Å²) in [5.74, 6) is 1.55. The van der Waals surface area contributed by atoms with E-state index in [4.69, 9.17) is 14.2 Å². The topological polar surface area (TPSA) is 129 Å². The van der Waals surface area contributed by atoms with Gasteiger partial charge in [0.15, 0.2) is 0 Å². The Morgan fingerprint density at radius 2 is 0.432 bits per heavy atom. The molecule has 2 spiro atoms. The summed E-state index contributed by atoms with van der Waals surface area (Å²) >= 11 is 2.90. The Morgan fingerprint density at radius 3 is 0.680 bits per heavy atom. The minimum Gasteiger partial charge on any atom is -0.507 e. The number of ether oxygens (including phenoxy) is 3. The van der Waals surface area contributed by atoms with Gasteiger partial charge in [-0.25, -0.2) is 0 Å². The van der Waals surface area contributed by atoms with Crippen molar-refractivity contribution >= 4 is 15.9 Å². The second-order valence-corrected chi connectivity index (χ2v) is 44.2. The SMILES string of the molecule is CC(C)(C)c1cc2c(O)c(c1)Cc1cc(C(C)(C)C)cc(c1O)C1(Cc3cc(C(C)(C)C)cc1c3O)c1cc(C(C)(C)C)cc(c1O)C2.CC(C)(C)c1cc2c(O)c(c1)Cc1cc(C(C)(C)C)cc(c1OCCCC(F)(F)F)C1(Cc3cc(C(C)(C)C)cc1c3OCCCC(F)(F)F)c1cc(C(C)(C)C)cc(c1OCCCC(F)(F)F)C2.FC(F)(F)CCCBr. The van der Waals surface area contributed by atoms with Crippen LogP contribution in [0.2, 0.25) is 0 Å². The molecule has 4 aliphatic rings. The molecule has 8 nitrogen and oxygen atoms in total. The molecule has 12 rings (SSSR count). The van der Waals surface area contributed by atoms with E-state index in [1.807, 2.05) is 132 Å². The zero-order chi connectivity index (χ0) is 93.6. The largest absolute Gasteiger partial charge is 0.507 e. The molecule has 0 amide bonds. The Morgan fingerprint density at radius 1 is 0.248 bits per heavy atom. The monoisotopic (exact) mass is 1810 g/mol. The lowest BCUT2D eigenvalue weighted by Crippen LogP contribution is -2.33. The first-order valence-corrected chi connectivity index (χ1v) is 44.6. The van der Waals surface area contributed by atoms with Crippen molar-refractivity contribution in [3.05, 3.63) is 231 Å². The summed E-state index contributed by atoms with van der Waals surface area (Å²) in [5, 5.41) is 61.8. The van der Waals surface area contributed by atoms with Crippen LogP contribution < -0.4 is 14.2 Å². The minimum absolute atomic E-state index is 0.00774. The summed E-state index contributed by atoms with van der Waals surface area (Å²) < 4.78 is 177. The second kappa shape index (κ2) is 35.0. The van der Waals surface area contributed by atoms with Gasteiger partial charge >= 0.3 is 24.7 Å². The van der Waals surface area contributed by atoms with Gasteiger partial charge in [0.2, 0.25) is 0 Å². The molecule has 0 radical (unpaired) electrons. The Bertz CT molecular complexity index is 5090. The number of fused-ring (bicyclic) bond motifs is 22. The van der Waals surface area contributed by atoms with Gasteiger partial charge in [-0.3, -0.25) is 0 Å². The molecule has 0 aromatic heterocycles. The fourth-order valence-electron chi connectivity index (χ4n) is 17.4. The van der Waals surface area contributed by atoms with E-state index in [0.29, 0.717) is 103 Å². The highest BCUT2D eigenvalue weighted by Crippen LogP contribution is 2.63. The number of phenols is 5. The number of phenolic OH excluding ortho intramolecular Hbond substituents is 5. The van der Waals surface area contributed by atoms with Crippen molar-refractivity contribution < 1.29 is 92.4 Å². The number of hydrogen-bond acceptors (Lipinski definition) is 8. The number of aromatic hydroxyl groups is 5. The maximum Gasteiger partial charge on any atom is 0.389 e.